The third kappa shape index (κ3) is 3.70. The van der Waals surface area contributed by atoms with Gasteiger partial charge in [-0.25, -0.2) is 9.18 Å². The number of hydrogen-bond donors (Lipinski definition) is 3. The molecule has 30 heavy (non-hydrogen) atoms. The van der Waals surface area contributed by atoms with E-state index in [1.807, 2.05) is 18.7 Å². The fraction of sp³-hybridized carbons (Fsp3) is 0.364. The Hall–Kier alpha value is -3.13. The number of aromatic nitrogens is 1. The van der Waals surface area contributed by atoms with Gasteiger partial charge in [0.1, 0.15) is 5.82 Å². The Bertz CT molecular complexity index is 1030. The third-order valence-corrected chi connectivity index (χ3v) is 5.87. The number of anilines is 2. The van der Waals surface area contributed by atoms with Crippen LogP contribution < -0.4 is 10.6 Å². The number of aromatic amines is 1. The van der Waals surface area contributed by atoms with Crippen LogP contribution in [0.2, 0.25) is 0 Å². The summed E-state index contributed by atoms with van der Waals surface area (Å²) in [4.78, 5) is 32.5. The van der Waals surface area contributed by atoms with Gasteiger partial charge in [-0.1, -0.05) is 6.92 Å². The van der Waals surface area contributed by atoms with Crippen LogP contribution in [0.1, 0.15) is 29.4 Å². The van der Waals surface area contributed by atoms with Gasteiger partial charge in [0.05, 0.1) is 11.3 Å². The van der Waals surface area contributed by atoms with Gasteiger partial charge < -0.3 is 25.4 Å². The minimum atomic E-state index is -0.397. The first-order chi connectivity index (χ1) is 14.4. The van der Waals surface area contributed by atoms with Crippen LogP contribution in [0.3, 0.4) is 0 Å². The molecule has 0 aliphatic carbocycles. The molecule has 3 heterocycles. The number of amides is 3. The average molecular weight is 411 g/mol. The molecule has 3 amide bonds. The smallest absolute Gasteiger partial charge is 0.321 e. The Kier molecular flexibility index (Phi) is 5.34. The minimum Gasteiger partial charge on any atom is -0.357 e. The molecule has 0 saturated carbocycles. The molecule has 158 valence electrons. The number of aryl methyl sites for hydroxylation is 1. The number of hydrogen-bond acceptors (Lipinski definition) is 3. The standard InChI is InChI=1S/C22H26FN5O2/c1-4-27-7-9-28(10-8-27)22(30)26-20-13(2)19(24-14(20)3)12-17-16-11-15(23)5-6-18(16)25-21(17)29/h5-6,11-12,24H,4,7-10H2,1-3H3,(H,25,29)(H,26,30)/b17-12-. The van der Waals surface area contributed by atoms with E-state index in [0.717, 1.165) is 30.9 Å². The summed E-state index contributed by atoms with van der Waals surface area (Å²) in [5.41, 5.74) is 4.57. The second kappa shape index (κ2) is 7.95. The summed E-state index contributed by atoms with van der Waals surface area (Å²) in [6, 6.07) is 4.10. The van der Waals surface area contributed by atoms with Crippen LogP contribution in [-0.4, -0.2) is 59.4 Å². The molecular weight excluding hydrogens is 385 g/mol. The Morgan fingerprint density at radius 2 is 1.97 bits per heavy atom. The molecule has 4 rings (SSSR count). The number of carbonyl (C=O) groups is 2. The van der Waals surface area contributed by atoms with Crippen LogP contribution in [0.4, 0.5) is 20.6 Å². The van der Waals surface area contributed by atoms with Crippen LogP contribution in [-0.2, 0) is 4.79 Å². The zero-order chi connectivity index (χ0) is 21.4. The first kappa shape index (κ1) is 20.2. The number of fused-ring (bicyclic) bond motifs is 1. The highest BCUT2D eigenvalue weighted by Gasteiger charge is 2.26. The van der Waals surface area contributed by atoms with Crippen molar-refractivity contribution < 1.29 is 14.0 Å². The summed E-state index contributed by atoms with van der Waals surface area (Å²) in [6.07, 6.45) is 1.71. The zero-order valence-corrected chi connectivity index (χ0v) is 17.4. The van der Waals surface area contributed by atoms with Crippen molar-refractivity contribution in [2.75, 3.05) is 43.4 Å². The normalized spacial score (nSPS) is 17.9. The highest BCUT2D eigenvalue weighted by atomic mass is 19.1. The van der Waals surface area contributed by atoms with Gasteiger partial charge in [0, 0.05) is 48.8 Å². The lowest BCUT2D eigenvalue weighted by Gasteiger charge is -2.34. The number of rotatable bonds is 3. The van der Waals surface area contributed by atoms with E-state index < -0.39 is 5.82 Å². The van der Waals surface area contributed by atoms with E-state index in [1.54, 1.807) is 12.1 Å². The van der Waals surface area contributed by atoms with E-state index in [1.165, 1.54) is 12.1 Å². The summed E-state index contributed by atoms with van der Waals surface area (Å²) < 4.78 is 13.7. The Morgan fingerprint density at radius 1 is 1.23 bits per heavy atom. The monoisotopic (exact) mass is 411 g/mol. The van der Waals surface area contributed by atoms with Crippen molar-refractivity contribution >= 4 is 35.0 Å². The molecule has 2 aliphatic rings. The number of carbonyl (C=O) groups excluding carboxylic acids is 2. The maximum absolute atomic E-state index is 13.7. The molecular formula is C22H26FN5O2. The number of halogens is 1. The average Bonchev–Trinajstić information content (AvgIpc) is 3.18. The van der Waals surface area contributed by atoms with Gasteiger partial charge in [0.25, 0.3) is 5.91 Å². The molecule has 1 saturated heterocycles. The topological polar surface area (TPSA) is 80.5 Å². The number of likely N-dealkylation sites (N-methyl/N-ethyl adjacent to an activating group) is 1. The molecule has 2 aliphatic heterocycles. The Balaban J connectivity index is 1.56. The molecule has 7 nitrogen and oxygen atoms in total. The van der Waals surface area contributed by atoms with Crippen molar-refractivity contribution in [3.63, 3.8) is 0 Å². The summed E-state index contributed by atoms with van der Waals surface area (Å²) in [5, 5.41) is 5.76. The fourth-order valence-electron chi connectivity index (χ4n) is 4.01. The largest absolute Gasteiger partial charge is 0.357 e. The van der Waals surface area contributed by atoms with Crippen LogP contribution in [0, 0.1) is 19.7 Å². The van der Waals surface area contributed by atoms with Gasteiger partial charge in [-0.15, -0.1) is 0 Å². The van der Waals surface area contributed by atoms with Crippen molar-refractivity contribution in [2.45, 2.75) is 20.8 Å². The second-order valence-corrected chi connectivity index (χ2v) is 7.72. The second-order valence-electron chi connectivity index (χ2n) is 7.72. The van der Waals surface area contributed by atoms with E-state index in [9.17, 15) is 14.0 Å². The predicted octanol–water partition coefficient (Wildman–Crippen LogP) is 3.43. The van der Waals surface area contributed by atoms with Crippen molar-refractivity contribution in [3.8, 4) is 0 Å². The summed E-state index contributed by atoms with van der Waals surface area (Å²) in [7, 11) is 0. The predicted molar refractivity (Wildman–Crippen MR) is 116 cm³/mol. The van der Waals surface area contributed by atoms with E-state index in [2.05, 4.69) is 27.4 Å². The first-order valence-corrected chi connectivity index (χ1v) is 10.2. The molecule has 1 fully saturated rings. The van der Waals surface area contributed by atoms with E-state index in [-0.39, 0.29) is 11.9 Å². The number of nitrogens with one attached hydrogen (secondary N) is 3. The van der Waals surface area contributed by atoms with Crippen LogP contribution in [0.25, 0.3) is 11.6 Å². The molecule has 2 aromatic rings. The molecule has 0 spiro atoms. The summed E-state index contributed by atoms with van der Waals surface area (Å²) >= 11 is 0. The van der Waals surface area contributed by atoms with Gasteiger partial charge in [0.2, 0.25) is 0 Å². The molecule has 0 bridgehead atoms. The molecule has 0 atom stereocenters. The molecule has 3 N–H and O–H groups in total. The van der Waals surface area contributed by atoms with Crippen molar-refractivity contribution in [1.82, 2.24) is 14.8 Å². The quantitative estimate of drug-likeness (QED) is 0.677. The molecule has 8 heteroatoms. The number of nitrogens with zero attached hydrogens (tertiary/aromatic N) is 2. The van der Waals surface area contributed by atoms with E-state index in [0.29, 0.717) is 41.3 Å². The van der Waals surface area contributed by atoms with Crippen LogP contribution >= 0.6 is 0 Å². The van der Waals surface area contributed by atoms with Crippen molar-refractivity contribution in [3.05, 3.63) is 46.5 Å². The van der Waals surface area contributed by atoms with Gasteiger partial charge in [-0.05, 0) is 50.2 Å². The zero-order valence-electron chi connectivity index (χ0n) is 17.4. The maximum atomic E-state index is 13.7. The van der Waals surface area contributed by atoms with Crippen LogP contribution in [0.5, 0.6) is 0 Å². The minimum absolute atomic E-state index is 0.124. The highest BCUT2D eigenvalue weighted by molar-refractivity contribution is 6.34. The number of piperazine rings is 1. The Labute approximate surface area is 174 Å². The first-order valence-electron chi connectivity index (χ1n) is 10.2. The molecule has 0 unspecified atom stereocenters. The third-order valence-electron chi connectivity index (χ3n) is 5.87. The van der Waals surface area contributed by atoms with Gasteiger partial charge in [-0.3, -0.25) is 4.79 Å². The van der Waals surface area contributed by atoms with Crippen molar-refractivity contribution in [2.24, 2.45) is 0 Å². The molecule has 0 radical (unpaired) electrons. The van der Waals surface area contributed by atoms with E-state index >= 15 is 0 Å². The van der Waals surface area contributed by atoms with Gasteiger partial charge in [0.15, 0.2) is 0 Å². The number of benzene rings is 1. The van der Waals surface area contributed by atoms with Crippen molar-refractivity contribution in [1.29, 1.82) is 0 Å². The van der Waals surface area contributed by atoms with Gasteiger partial charge in [-0.2, -0.15) is 0 Å². The highest BCUT2D eigenvalue weighted by Crippen LogP contribution is 2.35. The summed E-state index contributed by atoms with van der Waals surface area (Å²) in [6.45, 7) is 10.0. The Morgan fingerprint density at radius 3 is 2.67 bits per heavy atom. The number of H-pyrrole nitrogens is 1. The molecule has 1 aromatic carbocycles. The lowest BCUT2D eigenvalue weighted by molar-refractivity contribution is -0.110. The summed E-state index contributed by atoms with van der Waals surface area (Å²) in [5.74, 6) is -0.673. The number of urea groups is 1. The lowest BCUT2D eigenvalue weighted by Crippen LogP contribution is -2.49. The SMILES string of the molecule is CCN1CCN(C(=O)Nc2c(C)[nH]c(/C=C3\C(=O)Nc4ccc(F)cc43)c2C)CC1. The lowest BCUT2D eigenvalue weighted by atomic mass is 10.0. The molecule has 1 aromatic heterocycles. The maximum Gasteiger partial charge on any atom is 0.321 e. The van der Waals surface area contributed by atoms with E-state index in [4.69, 9.17) is 0 Å². The van der Waals surface area contributed by atoms with Crippen LogP contribution in [0.15, 0.2) is 18.2 Å². The van der Waals surface area contributed by atoms with Gasteiger partial charge >= 0.3 is 6.03 Å². The fourth-order valence-corrected chi connectivity index (χ4v) is 4.01.